The Morgan fingerprint density at radius 1 is 1.33 bits per heavy atom. The smallest absolute Gasteiger partial charge is 0.226 e. The molecule has 1 aliphatic rings. The lowest BCUT2D eigenvalue weighted by Crippen LogP contribution is -2.42. The molecule has 2 N–H and O–H groups in total. The molecule has 2 atom stereocenters. The fraction of sp³-hybridized carbons (Fsp3) is 0.562. The number of carbonyl (C=O) groups excluding carboxylic acids is 1. The molecule has 0 aliphatic heterocycles. The van der Waals surface area contributed by atoms with Crippen LogP contribution in [0, 0.1) is 17.2 Å². The molecule has 2 rings (SSSR count). The maximum Gasteiger partial charge on any atom is 0.226 e. The zero-order valence-electron chi connectivity index (χ0n) is 12.4. The van der Waals surface area contributed by atoms with E-state index in [2.05, 4.69) is 0 Å². The molecule has 0 aromatic heterocycles. The lowest BCUT2D eigenvalue weighted by Gasteiger charge is -2.30. The number of benzene rings is 1. The number of amides is 1. The zero-order chi connectivity index (χ0) is 15.6. The second-order valence-electron chi connectivity index (χ2n) is 6.32. The quantitative estimate of drug-likeness (QED) is 0.833. The summed E-state index contributed by atoms with van der Waals surface area (Å²) in [5.74, 6) is -0.198. The average Bonchev–Trinajstić information content (AvgIpc) is 3.27. The average molecular weight is 295 g/mol. The second-order valence-corrected chi connectivity index (χ2v) is 6.32. The third kappa shape index (κ3) is 3.60. The van der Waals surface area contributed by atoms with Crippen molar-refractivity contribution in [1.82, 2.24) is 4.90 Å². The molecule has 2 unspecified atom stereocenters. The summed E-state index contributed by atoms with van der Waals surface area (Å²) < 4.78 is 12.9. The molecule has 4 nitrogen and oxygen atoms in total. The molecular weight excluding hydrogens is 273 g/mol. The lowest BCUT2D eigenvalue weighted by molar-refractivity contribution is -0.133. The fourth-order valence-corrected chi connectivity index (χ4v) is 2.63. The van der Waals surface area contributed by atoms with Gasteiger partial charge in [0.05, 0.1) is 13.2 Å². The summed E-state index contributed by atoms with van der Waals surface area (Å²) >= 11 is 0. The SMILES string of the molecule is CN(CC(C)(CO)CO)C(=O)C1CC1c1ccc(F)cc1. The van der Waals surface area contributed by atoms with Crippen molar-refractivity contribution in [2.75, 3.05) is 26.8 Å². The van der Waals surface area contributed by atoms with Crippen LogP contribution in [-0.4, -0.2) is 47.8 Å². The van der Waals surface area contributed by atoms with E-state index in [9.17, 15) is 19.4 Å². The van der Waals surface area contributed by atoms with Gasteiger partial charge < -0.3 is 15.1 Å². The molecule has 0 bridgehead atoms. The Balaban J connectivity index is 1.95. The van der Waals surface area contributed by atoms with Crippen LogP contribution in [0.5, 0.6) is 0 Å². The highest BCUT2D eigenvalue weighted by molar-refractivity contribution is 5.82. The van der Waals surface area contributed by atoms with Gasteiger partial charge in [0.1, 0.15) is 5.82 Å². The van der Waals surface area contributed by atoms with Crippen molar-refractivity contribution in [2.24, 2.45) is 11.3 Å². The molecule has 1 aromatic rings. The molecule has 1 fully saturated rings. The summed E-state index contributed by atoms with van der Waals surface area (Å²) in [5.41, 5.74) is 0.292. The van der Waals surface area contributed by atoms with Crippen molar-refractivity contribution in [3.8, 4) is 0 Å². The van der Waals surface area contributed by atoms with Gasteiger partial charge in [-0.3, -0.25) is 4.79 Å². The van der Waals surface area contributed by atoms with Crippen LogP contribution in [0.1, 0.15) is 24.8 Å². The van der Waals surface area contributed by atoms with Gasteiger partial charge in [0, 0.05) is 24.9 Å². The summed E-state index contributed by atoms with van der Waals surface area (Å²) in [7, 11) is 1.69. The Kier molecular flexibility index (Phi) is 4.64. The maximum absolute atomic E-state index is 12.9. The van der Waals surface area contributed by atoms with E-state index in [-0.39, 0.29) is 36.8 Å². The number of rotatable bonds is 6. The second kappa shape index (κ2) is 6.12. The van der Waals surface area contributed by atoms with Crippen LogP contribution >= 0.6 is 0 Å². The molecule has 1 aliphatic carbocycles. The van der Waals surface area contributed by atoms with E-state index in [1.165, 1.54) is 12.1 Å². The Bertz CT molecular complexity index is 499. The molecule has 0 radical (unpaired) electrons. The fourth-order valence-electron chi connectivity index (χ4n) is 2.63. The predicted octanol–water partition coefficient (Wildman–Crippen LogP) is 1.38. The topological polar surface area (TPSA) is 60.8 Å². The highest BCUT2D eigenvalue weighted by atomic mass is 19.1. The summed E-state index contributed by atoms with van der Waals surface area (Å²) in [6.45, 7) is 1.70. The number of aliphatic hydroxyl groups excluding tert-OH is 2. The summed E-state index contributed by atoms with van der Waals surface area (Å²) in [6.07, 6.45) is 0.768. The minimum atomic E-state index is -0.690. The van der Waals surface area contributed by atoms with Crippen molar-refractivity contribution in [3.63, 3.8) is 0 Å². The van der Waals surface area contributed by atoms with E-state index in [4.69, 9.17) is 0 Å². The van der Waals surface area contributed by atoms with Gasteiger partial charge in [0.25, 0.3) is 0 Å². The Labute approximate surface area is 124 Å². The number of aliphatic hydroxyl groups is 2. The lowest BCUT2D eigenvalue weighted by atomic mass is 9.92. The molecule has 1 aromatic carbocycles. The van der Waals surface area contributed by atoms with Gasteiger partial charge in [0.2, 0.25) is 5.91 Å². The first kappa shape index (κ1) is 15.9. The molecule has 0 heterocycles. The van der Waals surface area contributed by atoms with Gasteiger partial charge in [-0.15, -0.1) is 0 Å². The van der Waals surface area contributed by atoms with Crippen LogP contribution in [0.3, 0.4) is 0 Å². The summed E-state index contributed by atoms with van der Waals surface area (Å²) in [4.78, 5) is 13.9. The van der Waals surface area contributed by atoms with Crippen molar-refractivity contribution < 1.29 is 19.4 Å². The monoisotopic (exact) mass is 295 g/mol. The van der Waals surface area contributed by atoms with Crippen molar-refractivity contribution in [2.45, 2.75) is 19.3 Å². The van der Waals surface area contributed by atoms with Gasteiger partial charge >= 0.3 is 0 Å². The Hall–Kier alpha value is -1.46. The third-order valence-corrected chi connectivity index (χ3v) is 4.16. The van der Waals surface area contributed by atoms with Gasteiger partial charge in [-0.05, 0) is 30.0 Å². The van der Waals surface area contributed by atoms with Crippen molar-refractivity contribution >= 4 is 5.91 Å². The van der Waals surface area contributed by atoms with Crippen LogP contribution in [0.4, 0.5) is 4.39 Å². The normalized spacial score (nSPS) is 21.2. The molecule has 1 saturated carbocycles. The van der Waals surface area contributed by atoms with E-state index in [1.54, 1.807) is 31.0 Å². The predicted molar refractivity (Wildman–Crippen MR) is 77.2 cm³/mol. The van der Waals surface area contributed by atoms with Crippen LogP contribution < -0.4 is 0 Å². The van der Waals surface area contributed by atoms with Gasteiger partial charge in [-0.25, -0.2) is 4.39 Å². The molecule has 116 valence electrons. The van der Waals surface area contributed by atoms with Crippen molar-refractivity contribution in [3.05, 3.63) is 35.6 Å². The first-order chi connectivity index (χ1) is 9.90. The largest absolute Gasteiger partial charge is 0.396 e. The highest BCUT2D eigenvalue weighted by Gasteiger charge is 2.45. The Morgan fingerprint density at radius 3 is 2.43 bits per heavy atom. The van der Waals surface area contributed by atoms with Gasteiger partial charge in [-0.1, -0.05) is 19.1 Å². The molecule has 1 amide bonds. The third-order valence-electron chi connectivity index (χ3n) is 4.16. The summed E-state index contributed by atoms with van der Waals surface area (Å²) in [6, 6.07) is 6.26. The van der Waals surface area contributed by atoms with Crippen molar-refractivity contribution in [1.29, 1.82) is 0 Å². The number of hydrogen-bond donors (Lipinski definition) is 2. The first-order valence-electron chi connectivity index (χ1n) is 7.12. The van der Waals surface area contributed by atoms with Crippen LogP contribution in [0.25, 0.3) is 0 Å². The van der Waals surface area contributed by atoms with E-state index in [0.717, 1.165) is 12.0 Å². The van der Waals surface area contributed by atoms with Gasteiger partial charge in [0.15, 0.2) is 0 Å². The van der Waals surface area contributed by atoms with E-state index < -0.39 is 5.41 Å². The maximum atomic E-state index is 12.9. The van der Waals surface area contributed by atoms with Crippen LogP contribution in [-0.2, 0) is 4.79 Å². The minimum absolute atomic E-state index is 0.0115. The van der Waals surface area contributed by atoms with Gasteiger partial charge in [-0.2, -0.15) is 0 Å². The number of nitrogens with zero attached hydrogens (tertiary/aromatic N) is 1. The zero-order valence-corrected chi connectivity index (χ0v) is 12.4. The standard InChI is InChI=1S/C16H22FNO3/c1-16(9-19,10-20)8-18(2)15(21)14-7-13(14)11-3-5-12(17)6-4-11/h3-6,13-14,19-20H,7-10H2,1-2H3. The molecule has 0 saturated heterocycles. The van der Waals surface area contributed by atoms with E-state index in [0.29, 0.717) is 6.54 Å². The number of carbonyl (C=O) groups is 1. The minimum Gasteiger partial charge on any atom is -0.396 e. The first-order valence-corrected chi connectivity index (χ1v) is 7.12. The molecule has 0 spiro atoms. The summed E-state index contributed by atoms with van der Waals surface area (Å²) in [5, 5.41) is 18.6. The Morgan fingerprint density at radius 2 is 1.90 bits per heavy atom. The van der Waals surface area contributed by atoms with E-state index in [1.807, 2.05) is 0 Å². The number of hydrogen-bond acceptors (Lipinski definition) is 3. The van der Waals surface area contributed by atoms with E-state index >= 15 is 0 Å². The highest BCUT2D eigenvalue weighted by Crippen LogP contribution is 2.48. The number of halogens is 1. The molecule has 5 heteroatoms. The van der Waals surface area contributed by atoms with Crippen LogP contribution in [0.15, 0.2) is 24.3 Å². The molecular formula is C16H22FNO3. The van der Waals surface area contributed by atoms with Crippen LogP contribution in [0.2, 0.25) is 0 Å². The molecule has 21 heavy (non-hydrogen) atoms.